The standard InChI is InChI=1S/C10H19ClN2O/c1-13-6-3-9(4-7-13)8-12-10(14)2-5-11/h9H,2-8H2,1H3,(H,12,14). The highest BCUT2D eigenvalue weighted by Crippen LogP contribution is 2.14. The minimum atomic E-state index is 0.0823. The van der Waals surface area contributed by atoms with Crippen LogP contribution in [0.3, 0.4) is 0 Å². The first kappa shape index (κ1) is 11.8. The van der Waals surface area contributed by atoms with Gasteiger partial charge in [-0.25, -0.2) is 0 Å². The molecule has 1 heterocycles. The van der Waals surface area contributed by atoms with E-state index in [0.29, 0.717) is 18.2 Å². The van der Waals surface area contributed by atoms with Crippen molar-refractivity contribution in [3.05, 3.63) is 0 Å². The van der Waals surface area contributed by atoms with Gasteiger partial charge in [-0.3, -0.25) is 4.79 Å². The second-order valence-electron chi connectivity index (χ2n) is 3.99. The first-order chi connectivity index (χ1) is 6.72. The molecule has 1 saturated heterocycles. The third-order valence-electron chi connectivity index (χ3n) is 2.75. The van der Waals surface area contributed by atoms with E-state index in [-0.39, 0.29) is 5.91 Å². The third kappa shape index (κ3) is 4.29. The summed E-state index contributed by atoms with van der Waals surface area (Å²) in [5.74, 6) is 1.16. The molecule has 1 N–H and O–H groups in total. The van der Waals surface area contributed by atoms with E-state index in [4.69, 9.17) is 11.6 Å². The number of amides is 1. The number of nitrogens with one attached hydrogen (secondary N) is 1. The molecule has 3 nitrogen and oxygen atoms in total. The highest BCUT2D eigenvalue weighted by atomic mass is 35.5. The lowest BCUT2D eigenvalue weighted by Gasteiger charge is -2.28. The Morgan fingerprint density at radius 2 is 2.14 bits per heavy atom. The largest absolute Gasteiger partial charge is 0.356 e. The molecule has 0 bridgehead atoms. The molecule has 82 valence electrons. The Morgan fingerprint density at radius 1 is 1.50 bits per heavy atom. The summed E-state index contributed by atoms with van der Waals surface area (Å²) in [5, 5.41) is 2.93. The van der Waals surface area contributed by atoms with Crippen molar-refractivity contribution in [3.8, 4) is 0 Å². The molecule has 14 heavy (non-hydrogen) atoms. The smallest absolute Gasteiger partial charge is 0.221 e. The summed E-state index contributed by atoms with van der Waals surface area (Å²) < 4.78 is 0. The van der Waals surface area contributed by atoms with Crippen LogP contribution in [0, 0.1) is 5.92 Å². The SMILES string of the molecule is CN1CCC(CNC(=O)CCCl)CC1. The summed E-state index contributed by atoms with van der Waals surface area (Å²) in [7, 11) is 2.14. The third-order valence-corrected chi connectivity index (χ3v) is 2.94. The average molecular weight is 219 g/mol. The van der Waals surface area contributed by atoms with E-state index in [0.717, 1.165) is 19.6 Å². The van der Waals surface area contributed by atoms with Gasteiger partial charge < -0.3 is 10.2 Å². The lowest BCUT2D eigenvalue weighted by atomic mass is 9.97. The van der Waals surface area contributed by atoms with Crippen LogP contribution in [0.4, 0.5) is 0 Å². The monoisotopic (exact) mass is 218 g/mol. The number of rotatable bonds is 4. The zero-order valence-electron chi connectivity index (χ0n) is 8.76. The number of alkyl halides is 1. The predicted molar refractivity (Wildman–Crippen MR) is 58.6 cm³/mol. The molecular formula is C10H19ClN2O. The van der Waals surface area contributed by atoms with E-state index < -0.39 is 0 Å². The number of halogens is 1. The molecule has 1 rings (SSSR count). The zero-order valence-corrected chi connectivity index (χ0v) is 9.52. The second-order valence-corrected chi connectivity index (χ2v) is 4.37. The van der Waals surface area contributed by atoms with E-state index in [1.165, 1.54) is 12.8 Å². The molecule has 4 heteroatoms. The average Bonchev–Trinajstić information content (AvgIpc) is 2.17. The van der Waals surface area contributed by atoms with Gasteiger partial charge in [0.2, 0.25) is 5.91 Å². The number of hydrogen-bond acceptors (Lipinski definition) is 2. The normalized spacial score (nSPS) is 19.6. The molecule has 1 aliphatic heterocycles. The number of carbonyl (C=O) groups is 1. The summed E-state index contributed by atoms with van der Waals surface area (Å²) in [6.45, 7) is 3.12. The van der Waals surface area contributed by atoms with Crippen LogP contribution in [-0.4, -0.2) is 43.4 Å². The van der Waals surface area contributed by atoms with Gasteiger partial charge in [0.1, 0.15) is 0 Å². The minimum absolute atomic E-state index is 0.0823. The molecule has 0 aromatic heterocycles. The van der Waals surface area contributed by atoms with Gasteiger partial charge >= 0.3 is 0 Å². The van der Waals surface area contributed by atoms with E-state index >= 15 is 0 Å². The van der Waals surface area contributed by atoms with Gasteiger partial charge in [-0.1, -0.05) is 0 Å². The van der Waals surface area contributed by atoms with Gasteiger partial charge in [-0.15, -0.1) is 11.6 Å². The number of nitrogens with zero attached hydrogens (tertiary/aromatic N) is 1. The van der Waals surface area contributed by atoms with Crippen molar-refractivity contribution in [2.75, 3.05) is 32.6 Å². The maximum atomic E-state index is 11.1. The quantitative estimate of drug-likeness (QED) is 0.717. The fourth-order valence-electron chi connectivity index (χ4n) is 1.70. The van der Waals surface area contributed by atoms with Crippen LogP contribution in [0.25, 0.3) is 0 Å². The zero-order chi connectivity index (χ0) is 10.4. The van der Waals surface area contributed by atoms with Crippen molar-refractivity contribution >= 4 is 17.5 Å². The van der Waals surface area contributed by atoms with Gasteiger partial charge in [0.05, 0.1) is 0 Å². The topological polar surface area (TPSA) is 32.3 Å². The molecule has 0 aromatic rings. The van der Waals surface area contributed by atoms with Crippen LogP contribution in [0.15, 0.2) is 0 Å². The van der Waals surface area contributed by atoms with Crippen LogP contribution in [-0.2, 0) is 4.79 Å². The van der Waals surface area contributed by atoms with Gasteiger partial charge in [-0.05, 0) is 38.9 Å². The maximum Gasteiger partial charge on any atom is 0.221 e. The molecular weight excluding hydrogens is 200 g/mol. The molecule has 0 spiro atoms. The summed E-state index contributed by atoms with van der Waals surface area (Å²) in [6, 6.07) is 0. The molecule has 0 atom stereocenters. The van der Waals surface area contributed by atoms with Gasteiger partial charge in [0.15, 0.2) is 0 Å². The van der Waals surface area contributed by atoms with Crippen LogP contribution < -0.4 is 5.32 Å². The lowest BCUT2D eigenvalue weighted by molar-refractivity contribution is -0.120. The Kier molecular flexibility index (Phi) is 5.26. The predicted octanol–water partition coefficient (Wildman–Crippen LogP) is 1.07. The summed E-state index contributed by atoms with van der Waals surface area (Å²) in [4.78, 5) is 13.5. The Bertz CT molecular complexity index is 179. The van der Waals surface area contributed by atoms with Crippen molar-refractivity contribution in [3.63, 3.8) is 0 Å². The maximum absolute atomic E-state index is 11.1. The van der Waals surface area contributed by atoms with E-state index in [1.807, 2.05) is 0 Å². The van der Waals surface area contributed by atoms with E-state index in [2.05, 4.69) is 17.3 Å². The number of hydrogen-bond donors (Lipinski definition) is 1. The molecule has 1 aliphatic rings. The Labute approximate surface area is 90.8 Å². The first-order valence-corrected chi connectivity index (χ1v) is 5.77. The highest BCUT2D eigenvalue weighted by molar-refractivity contribution is 6.18. The van der Waals surface area contributed by atoms with Crippen LogP contribution in [0.2, 0.25) is 0 Å². The lowest BCUT2D eigenvalue weighted by Crippen LogP contribution is -2.36. The van der Waals surface area contributed by atoms with Crippen LogP contribution >= 0.6 is 11.6 Å². The highest BCUT2D eigenvalue weighted by Gasteiger charge is 2.16. The fraction of sp³-hybridized carbons (Fsp3) is 0.900. The molecule has 0 aliphatic carbocycles. The van der Waals surface area contributed by atoms with E-state index in [9.17, 15) is 4.79 Å². The Morgan fingerprint density at radius 3 is 2.71 bits per heavy atom. The molecule has 0 saturated carbocycles. The van der Waals surface area contributed by atoms with Crippen molar-refractivity contribution in [1.82, 2.24) is 10.2 Å². The molecule has 1 fully saturated rings. The second kappa shape index (κ2) is 6.25. The molecule has 1 amide bonds. The first-order valence-electron chi connectivity index (χ1n) is 5.23. The van der Waals surface area contributed by atoms with Crippen LogP contribution in [0.5, 0.6) is 0 Å². The molecule has 0 aromatic carbocycles. The summed E-state index contributed by atoms with van der Waals surface area (Å²) in [5.41, 5.74) is 0. The molecule has 0 radical (unpaired) electrons. The van der Waals surface area contributed by atoms with Crippen molar-refractivity contribution in [2.45, 2.75) is 19.3 Å². The van der Waals surface area contributed by atoms with Gasteiger partial charge in [0, 0.05) is 18.8 Å². The van der Waals surface area contributed by atoms with Gasteiger partial charge in [-0.2, -0.15) is 0 Å². The number of likely N-dealkylation sites (tertiary alicyclic amines) is 1. The van der Waals surface area contributed by atoms with Crippen LogP contribution in [0.1, 0.15) is 19.3 Å². The number of carbonyl (C=O) groups excluding carboxylic acids is 1. The van der Waals surface area contributed by atoms with Gasteiger partial charge in [0.25, 0.3) is 0 Å². The number of piperidine rings is 1. The summed E-state index contributed by atoms with van der Waals surface area (Å²) >= 11 is 5.47. The van der Waals surface area contributed by atoms with Crippen molar-refractivity contribution < 1.29 is 4.79 Å². The van der Waals surface area contributed by atoms with Crippen molar-refractivity contribution in [1.29, 1.82) is 0 Å². The van der Waals surface area contributed by atoms with E-state index in [1.54, 1.807) is 0 Å². The Hall–Kier alpha value is -0.280. The molecule has 0 unspecified atom stereocenters. The Balaban J connectivity index is 2.09. The van der Waals surface area contributed by atoms with Crippen molar-refractivity contribution in [2.24, 2.45) is 5.92 Å². The summed E-state index contributed by atoms with van der Waals surface area (Å²) in [6.07, 6.45) is 2.82. The fourth-order valence-corrected chi connectivity index (χ4v) is 1.87. The minimum Gasteiger partial charge on any atom is -0.356 e.